The van der Waals surface area contributed by atoms with Crippen LogP contribution in [0.1, 0.15) is 39.2 Å². The highest BCUT2D eigenvalue weighted by atomic mass is 16.5. The Labute approximate surface area is 189 Å². The molecular weight excluding hydrogens is 402 g/mol. The first-order valence-electron chi connectivity index (χ1n) is 11.1. The van der Waals surface area contributed by atoms with Gasteiger partial charge in [-0.2, -0.15) is 0 Å². The third kappa shape index (κ3) is 4.49. The summed E-state index contributed by atoms with van der Waals surface area (Å²) in [6.45, 7) is 6.88. The van der Waals surface area contributed by atoms with Crippen LogP contribution in [0.3, 0.4) is 0 Å². The Morgan fingerprint density at radius 2 is 1.88 bits per heavy atom. The maximum absolute atomic E-state index is 13.1. The summed E-state index contributed by atoms with van der Waals surface area (Å²) in [6, 6.07) is 15.4. The largest absolute Gasteiger partial charge is 0.497 e. The fourth-order valence-corrected chi connectivity index (χ4v) is 4.66. The molecule has 0 fully saturated rings. The first-order chi connectivity index (χ1) is 15.3. The molecule has 1 heterocycles. The Morgan fingerprint density at radius 1 is 1.16 bits per heavy atom. The van der Waals surface area contributed by atoms with E-state index in [0.29, 0.717) is 13.0 Å². The van der Waals surface area contributed by atoms with Gasteiger partial charge in [-0.15, -0.1) is 0 Å². The number of amides is 1. The number of Topliss-reactive ketones (excluding diaryl/α,β-unsaturated/α-hetero) is 1. The van der Waals surface area contributed by atoms with Crippen molar-refractivity contribution in [2.75, 3.05) is 23.9 Å². The van der Waals surface area contributed by atoms with E-state index >= 15 is 0 Å². The fraction of sp³-hybridized carbons (Fsp3) is 0.385. The molecule has 0 bridgehead atoms. The zero-order chi connectivity index (χ0) is 22.9. The van der Waals surface area contributed by atoms with E-state index in [2.05, 4.69) is 24.5 Å². The van der Waals surface area contributed by atoms with Crippen LogP contribution in [0.2, 0.25) is 0 Å². The Hall–Kier alpha value is -3.28. The highest BCUT2D eigenvalue weighted by molar-refractivity contribution is 6.01. The molecule has 1 atom stereocenters. The molecule has 0 radical (unpaired) electrons. The van der Waals surface area contributed by atoms with Crippen LogP contribution in [-0.4, -0.2) is 31.4 Å². The molecule has 168 valence electrons. The molecule has 1 aliphatic heterocycles. The molecule has 0 aromatic heterocycles. The number of hydrogen-bond donors (Lipinski definition) is 2. The van der Waals surface area contributed by atoms with Crippen LogP contribution in [0.25, 0.3) is 0 Å². The molecule has 4 rings (SSSR count). The lowest BCUT2D eigenvalue weighted by Gasteiger charge is -2.36. The summed E-state index contributed by atoms with van der Waals surface area (Å²) in [5, 5.41) is 6.53. The van der Waals surface area contributed by atoms with Gasteiger partial charge >= 0.3 is 0 Å². The van der Waals surface area contributed by atoms with Crippen LogP contribution in [0.15, 0.2) is 59.8 Å². The van der Waals surface area contributed by atoms with Crippen molar-refractivity contribution < 1.29 is 14.3 Å². The quantitative estimate of drug-likeness (QED) is 0.737. The molecule has 2 aromatic rings. The van der Waals surface area contributed by atoms with Crippen LogP contribution < -0.4 is 20.3 Å². The van der Waals surface area contributed by atoms with Gasteiger partial charge in [-0.1, -0.05) is 38.1 Å². The number of ketones is 1. The second-order valence-electron chi connectivity index (χ2n) is 9.40. The van der Waals surface area contributed by atoms with Crippen molar-refractivity contribution >= 4 is 23.1 Å². The summed E-state index contributed by atoms with van der Waals surface area (Å²) < 4.78 is 5.19. The zero-order valence-corrected chi connectivity index (χ0v) is 19.2. The third-order valence-corrected chi connectivity index (χ3v) is 6.27. The van der Waals surface area contributed by atoms with E-state index in [1.807, 2.05) is 60.4 Å². The Kier molecular flexibility index (Phi) is 5.96. The zero-order valence-electron chi connectivity index (χ0n) is 19.2. The second-order valence-corrected chi connectivity index (χ2v) is 9.40. The first-order valence-corrected chi connectivity index (χ1v) is 11.1. The lowest BCUT2D eigenvalue weighted by Crippen LogP contribution is -2.44. The van der Waals surface area contributed by atoms with Gasteiger partial charge in [0.25, 0.3) is 0 Å². The average molecular weight is 434 g/mol. The monoisotopic (exact) mass is 433 g/mol. The molecule has 0 spiro atoms. The minimum Gasteiger partial charge on any atom is -0.497 e. The van der Waals surface area contributed by atoms with Crippen molar-refractivity contribution in [2.45, 2.75) is 46.2 Å². The second kappa shape index (κ2) is 8.69. The van der Waals surface area contributed by atoms with E-state index in [1.54, 1.807) is 7.11 Å². The number of anilines is 2. The predicted molar refractivity (Wildman–Crippen MR) is 127 cm³/mol. The number of fused-ring (bicyclic) bond motifs is 1. The summed E-state index contributed by atoms with van der Waals surface area (Å²) in [7, 11) is 1.63. The van der Waals surface area contributed by atoms with Gasteiger partial charge in [0.1, 0.15) is 5.75 Å². The number of benzene rings is 2. The average Bonchev–Trinajstić information content (AvgIpc) is 2.86. The number of hydrogen-bond acceptors (Lipinski definition) is 5. The fourth-order valence-electron chi connectivity index (χ4n) is 4.66. The SMILES string of the molecule is COc1ccc(CNC(=O)CN2c3ccccc3NC3=C(C(=O)CC(C)(C)C3)[C@H]2C)cc1. The number of para-hydroxylation sites is 2. The lowest BCUT2D eigenvalue weighted by molar-refractivity contribution is -0.120. The van der Waals surface area contributed by atoms with Gasteiger partial charge < -0.3 is 20.3 Å². The number of carbonyl (C=O) groups excluding carboxylic acids is 2. The lowest BCUT2D eigenvalue weighted by atomic mass is 9.74. The van der Waals surface area contributed by atoms with Gasteiger partial charge in [0, 0.05) is 24.2 Å². The summed E-state index contributed by atoms with van der Waals surface area (Å²) in [4.78, 5) is 28.1. The van der Waals surface area contributed by atoms with E-state index in [-0.39, 0.29) is 29.7 Å². The molecule has 0 saturated carbocycles. The number of ether oxygens (including phenoxy) is 1. The minimum absolute atomic E-state index is 0.0809. The number of methoxy groups -OCH3 is 1. The van der Waals surface area contributed by atoms with E-state index in [0.717, 1.165) is 40.4 Å². The van der Waals surface area contributed by atoms with Crippen molar-refractivity contribution in [1.29, 1.82) is 0 Å². The van der Waals surface area contributed by atoms with Gasteiger partial charge in [-0.3, -0.25) is 9.59 Å². The molecule has 2 N–H and O–H groups in total. The minimum atomic E-state index is -0.198. The molecular formula is C26H31N3O3. The van der Waals surface area contributed by atoms with Gasteiger partial charge in [-0.25, -0.2) is 0 Å². The number of carbonyl (C=O) groups is 2. The van der Waals surface area contributed by atoms with Crippen LogP contribution in [0.4, 0.5) is 11.4 Å². The Balaban J connectivity index is 1.56. The van der Waals surface area contributed by atoms with Crippen LogP contribution in [0, 0.1) is 5.41 Å². The molecule has 2 aromatic carbocycles. The van der Waals surface area contributed by atoms with Gasteiger partial charge in [0.05, 0.1) is 31.1 Å². The Bertz CT molecular complexity index is 1060. The van der Waals surface area contributed by atoms with Gasteiger partial charge in [-0.05, 0) is 48.6 Å². The van der Waals surface area contributed by atoms with Crippen LogP contribution in [0.5, 0.6) is 5.75 Å². The van der Waals surface area contributed by atoms with Crippen LogP contribution in [-0.2, 0) is 16.1 Å². The molecule has 1 aliphatic carbocycles. The van der Waals surface area contributed by atoms with Crippen molar-refractivity contribution in [3.05, 3.63) is 65.4 Å². The third-order valence-electron chi connectivity index (χ3n) is 6.27. The first kappa shape index (κ1) is 21.9. The smallest absolute Gasteiger partial charge is 0.239 e. The summed E-state index contributed by atoms with van der Waals surface area (Å²) in [5.41, 5.74) is 4.55. The maximum Gasteiger partial charge on any atom is 0.239 e. The Morgan fingerprint density at radius 3 is 2.59 bits per heavy atom. The number of nitrogens with zero attached hydrogens (tertiary/aromatic N) is 1. The number of nitrogens with one attached hydrogen (secondary N) is 2. The molecule has 6 nitrogen and oxygen atoms in total. The van der Waals surface area contributed by atoms with Gasteiger partial charge in [0.2, 0.25) is 5.91 Å². The van der Waals surface area contributed by atoms with Crippen LogP contribution >= 0.6 is 0 Å². The number of allylic oxidation sites excluding steroid dienone is 1. The summed E-state index contributed by atoms with van der Waals surface area (Å²) in [6.07, 6.45) is 1.33. The van der Waals surface area contributed by atoms with Gasteiger partial charge in [0.15, 0.2) is 5.78 Å². The van der Waals surface area contributed by atoms with Crippen molar-refractivity contribution in [3.63, 3.8) is 0 Å². The highest BCUT2D eigenvalue weighted by Crippen LogP contribution is 2.43. The molecule has 0 unspecified atom stereocenters. The van der Waals surface area contributed by atoms with E-state index in [9.17, 15) is 9.59 Å². The molecule has 6 heteroatoms. The normalized spacial score (nSPS) is 19.4. The van der Waals surface area contributed by atoms with E-state index in [1.165, 1.54) is 0 Å². The molecule has 0 saturated heterocycles. The molecule has 1 amide bonds. The van der Waals surface area contributed by atoms with Crippen molar-refractivity contribution in [2.24, 2.45) is 5.41 Å². The molecule has 2 aliphatic rings. The summed E-state index contributed by atoms with van der Waals surface area (Å²) >= 11 is 0. The van der Waals surface area contributed by atoms with Crippen molar-refractivity contribution in [3.8, 4) is 5.75 Å². The van der Waals surface area contributed by atoms with E-state index < -0.39 is 0 Å². The number of rotatable bonds is 5. The predicted octanol–water partition coefficient (Wildman–Crippen LogP) is 4.28. The van der Waals surface area contributed by atoms with E-state index in [4.69, 9.17) is 4.74 Å². The maximum atomic E-state index is 13.1. The topological polar surface area (TPSA) is 70.7 Å². The molecule has 32 heavy (non-hydrogen) atoms. The highest BCUT2D eigenvalue weighted by Gasteiger charge is 2.39. The summed E-state index contributed by atoms with van der Waals surface area (Å²) in [5.74, 6) is 0.856. The standard InChI is InChI=1S/C26H31N3O3/c1-17-25-21(13-26(2,3)14-23(25)30)28-20-7-5-6-8-22(20)29(17)16-24(31)27-15-18-9-11-19(32-4)12-10-18/h5-12,17,28H,13-16H2,1-4H3,(H,27,31)/t17-/m1/s1. The van der Waals surface area contributed by atoms with Crippen molar-refractivity contribution in [1.82, 2.24) is 5.32 Å².